The highest BCUT2D eigenvalue weighted by atomic mass is 35.5. The molecule has 0 unspecified atom stereocenters. The number of para-hydroxylation sites is 1. The van der Waals surface area contributed by atoms with Crippen LogP contribution in [0.1, 0.15) is 12.8 Å². The predicted molar refractivity (Wildman–Crippen MR) is 93.1 cm³/mol. The Balaban J connectivity index is 1.49. The topological polar surface area (TPSA) is 57.3 Å². The van der Waals surface area contributed by atoms with Gasteiger partial charge >= 0.3 is 6.03 Å². The van der Waals surface area contributed by atoms with Crippen LogP contribution in [-0.2, 0) is 0 Å². The van der Waals surface area contributed by atoms with Crippen LogP contribution in [0.25, 0.3) is 0 Å². The Kier molecular flexibility index (Phi) is 4.98. The summed E-state index contributed by atoms with van der Waals surface area (Å²) in [6.07, 6.45) is 5.19. The molecule has 1 aromatic carbocycles. The fourth-order valence-electron chi connectivity index (χ4n) is 2.76. The van der Waals surface area contributed by atoms with Crippen molar-refractivity contribution in [2.75, 3.05) is 23.3 Å². The smallest absolute Gasteiger partial charge is 0.319 e. The number of aromatic nitrogens is 1. The first-order valence-electron chi connectivity index (χ1n) is 7.69. The number of hydrogen-bond donors (Lipinski definition) is 2. The van der Waals surface area contributed by atoms with Crippen LogP contribution in [0.15, 0.2) is 48.8 Å². The van der Waals surface area contributed by atoms with E-state index in [1.54, 1.807) is 12.4 Å². The molecule has 0 bridgehead atoms. The zero-order valence-corrected chi connectivity index (χ0v) is 13.5. The molecule has 3 rings (SSSR count). The second-order valence-corrected chi connectivity index (χ2v) is 5.96. The Morgan fingerprint density at radius 2 is 1.91 bits per heavy atom. The highest BCUT2D eigenvalue weighted by Crippen LogP contribution is 2.26. The Hall–Kier alpha value is -2.27. The number of hydrogen-bond acceptors (Lipinski definition) is 3. The summed E-state index contributed by atoms with van der Waals surface area (Å²) < 4.78 is 0. The van der Waals surface area contributed by atoms with Gasteiger partial charge in [0.15, 0.2) is 0 Å². The molecule has 6 heteroatoms. The van der Waals surface area contributed by atoms with E-state index < -0.39 is 0 Å². The first-order chi connectivity index (χ1) is 11.2. The summed E-state index contributed by atoms with van der Waals surface area (Å²) in [5, 5.41) is 6.55. The van der Waals surface area contributed by atoms with Crippen molar-refractivity contribution in [1.29, 1.82) is 0 Å². The maximum absolute atomic E-state index is 12.0. The number of pyridine rings is 1. The number of nitrogens with zero attached hydrogens (tertiary/aromatic N) is 2. The zero-order valence-electron chi connectivity index (χ0n) is 12.7. The van der Waals surface area contributed by atoms with Crippen LogP contribution < -0.4 is 15.5 Å². The fourth-order valence-corrected chi connectivity index (χ4v) is 3.00. The summed E-state index contributed by atoms with van der Waals surface area (Å²) in [4.78, 5) is 18.3. The first kappa shape index (κ1) is 15.6. The van der Waals surface area contributed by atoms with Crippen LogP contribution >= 0.6 is 11.6 Å². The molecular weight excluding hydrogens is 312 g/mol. The second-order valence-electron chi connectivity index (χ2n) is 5.55. The standard InChI is InChI=1S/C17H19ClN4O/c18-15-12-19-9-6-16(15)22-10-7-14(8-11-22)21-17(23)20-13-4-2-1-3-5-13/h1-6,9,12,14H,7-8,10-11H2,(H2,20,21,23). The van der Waals surface area contributed by atoms with Crippen LogP contribution in [0.5, 0.6) is 0 Å². The SMILES string of the molecule is O=C(Nc1ccccc1)NC1CCN(c2ccncc2Cl)CC1. The van der Waals surface area contributed by atoms with Gasteiger partial charge in [-0.1, -0.05) is 29.8 Å². The average Bonchev–Trinajstić information content (AvgIpc) is 2.57. The number of urea groups is 1. The van der Waals surface area contributed by atoms with Gasteiger partial charge in [-0.3, -0.25) is 4.98 Å². The van der Waals surface area contributed by atoms with Crippen molar-refractivity contribution in [1.82, 2.24) is 10.3 Å². The molecule has 2 heterocycles. The third-order valence-corrected chi connectivity index (χ3v) is 4.24. The number of benzene rings is 1. The highest BCUT2D eigenvalue weighted by molar-refractivity contribution is 6.33. The Labute approximate surface area is 140 Å². The molecule has 1 aliphatic heterocycles. The van der Waals surface area contributed by atoms with E-state index >= 15 is 0 Å². The fraction of sp³-hybridized carbons (Fsp3) is 0.294. The molecule has 23 heavy (non-hydrogen) atoms. The number of carbonyl (C=O) groups excluding carboxylic acids is 1. The predicted octanol–water partition coefficient (Wildman–Crippen LogP) is 3.53. The molecule has 1 saturated heterocycles. The summed E-state index contributed by atoms with van der Waals surface area (Å²) >= 11 is 6.18. The molecular formula is C17H19ClN4O. The molecule has 5 nitrogen and oxygen atoms in total. The van der Waals surface area contributed by atoms with E-state index in [2.05, 4.69) is 20.5 Å². The Bertz CT molecular complexity index is 657. The van der Waals surface area contributed by atoms with Gasteiger partial charge in [0.2, 0.25) is 0 Å². The van der Waals surface area contributed by atoms with Gasteiger partial charge < -0.3 is 15.5 Å². The molecule has 1 aliphatic rings. The summed E-state index contributed by atoms with van der Waals surface area (Å²) in [7, 11) is 0. The van der Waals surface area contributed by atoms with Crippen molar-refractivity contribution in [3.63, 3.8) is 0 Å². The Morgan fingerprint density at radius 3 is 2.61 bits per heavy atom. The van der Waals surface area contributed by atoms with Gasteiger partial charge in [-0.05, 0) is 31.0 Å². The minimum Gasteiger partial charge on any atom is -0.370 e. The van der Waals surface area contributed by atoms with Crippen molar-refractivity contribution in [3.05, 3.63) is 53.8 Å². The number of rotatable bonds is 3. The van der Waals surface area contributed by atoms with E-state index in [1.807, 2.05) is 36.4 Å². The van der Waals surface area contributed by atoms with Gasteiger partial charge in [0.05, 0.1) is 10.7 Å². The molecule has 0 atom stereocenters. The van der Waals surface area contributed by atoms with E-state index in [1.165, 1.54) is 0 Å². The normalized spacial score (nSPS) is 15.3. The highest BCUT2D eigenvalue weighted by Gasteiger charge is 2.22. The lowest BCUT2D eigenvalue weighted by atomic mass is 10.0. The van der Waals surface area contributed by atoms with E-state index in [0.717, 1.165) is 37.3 Å². The monoisotopic (exact) mass is 330 g/mol. The van der Waals surface area contributed by atoms with Gasteiger partial charge in [-0.15, -0.1) is 0 Å². The van der Waals surface area contributed by atoms with E-state index in [0.29, 0.717) is 5.02 Å². The summed E-state index contributed by atoms with van der Waals surface area (Å²) in [5.41, 5.74) is 1.81. The molecule has 2 aromatic rings. The van der Waals surface area contributed by atoms with Crippen molar-refractivity contribution >= 4 is 29.0 Å². The van der Waals surface area contributed by atoms with Gasteiger partial charge in [-0.2, -0.15) is 0 Å². The van der Waals surface area contributed by atoms with Gasteiger partial charge in [0.25, 0.3) is 0 Å². The molecule has 0 aliphatic carbocycles. The largest absolute Gasteiger partial charge is 0.370 e. The molecule has 1 fully saturated rings. The van der Waals surface area contributed by atoms with E-state index in [4.69, 9.17) is 11.6 Å². The molecule has 2 amide bonds. The number of carbonyl (C=O) groups is 1. The van der Waals surface area contributed by atoms with Crippen molar-refractivity contribution in [3.8, 4) is 0 Å². The lowest BCUT2D eigenvalue weighted by molar-refractivity contribution is 0.246. The van der Waals surface area contributed by atoms with Crippen LogP contribution in [0.2, 0.25) is 5.02 Å². The average molecular weight is 331 g/mol. The maximum atomic E-state index is 12.0. The van der Waals surface area contributed by atoms with Crippen molar-refractivity contribution < 1.29 is 4.79 Å². The van der Waals surface area contributed by atoms with Crippen LogP contribution in [0.4, 0.5) is 16.2 Å². The first-order valence-corrected chi connectivity index (χ1v) is 8.07. The van der Waals surface area contributed by atoms with E-state index in [-0.39, 0.29) is 12.1 Å². The number of piperidine rings is 1. The molecule has 0 radical (unpaired) electrons. The number of amides is 2. The minimum atomic E-state index is -0.156. The Morgan fingerprint density at radius 1 is 1.17 bits per heavy atom. The number of nitrogens with one attached hydrogen (secondary N) is 2. The zero-order chi connectivity index (χ0) is 16.1. The minimum absolute atomic E-state index is 0.156. The summed E-state index contributed by atoms with van der Waals surface area (Å²) in [6, 6.07) is 11.4. The molecule has 0 spiro atoms. The lowest BCUT2D eigenvalue weighted by Crippen LogP contribution is -2.46. The summed E-state index contributed by atoms with van der Waals surface area (Å²) in [5.74, 6) is 0. The van der Waals surface area contributed by atoms with Crippen molar-refractivity contribution in [2.24, 2.45) is 0 Å². The lowest BCUT2D eigenvalue weighted by Gasteiger charge is -2.34. The maximum Gasteiger partial charge on any atom is 0.319 e. The van der Waals surface area contributed by atoms with Gasteiger partial charge in [0, 0.05) is 37.2 Å². The molecule has 0 saturated carbocycles. The molecule has 2 N–H and O–H groups in total. The van der Waals surface area contributed by atoms with Gasteiger partial charge in [0.1, 0.15) is 0 Å². The number of halogens is 1. The molecule has 1 aromatic heterocycles. The third-order valence-electron chi connectivity index (χ3n) is 3.95. The van der Waals surface area contributed by atoms with Crippen LogP contribution in [0, 0.1) is 0 Å². The number of anilines is 2. The summed E-state index contributed by atoms with van der Waals surface area (Å²) in [6.45, 7) is 1.72. The molecule has 120 valence electrons. The second kappa shape index (κ2) is 7.33. The van der Waals surface area contributed by atoms with Gasteiger partial charge in [-0.25, -0.2) is 4.79 Å². The van der Waals surface area contributed by atoms with E-state index in [9.17, 15) is 4.79 Å². The van der Waals surface area contributed by atoms with Crippen molar-refractivity contribution in [2.45, 2.75) is 18.9 Å². The third kappa shape index (κ3) is 4.13. The van der Waals surface area contributed by atoms with Crippen LogP contribution in [-0.4, -0.2) is 30.1 Å². The van der Waals surface area contributed by atoms with Crippen LogP contribution in [0.3, 0.4) is 0 Å². The quantitative estimate of drug-likeness (QED) is 0.905.